The number of aryl methyl sites for hydroxylation is 2. The third kappa shape index (κ3) is 4.83. The quantitative estimate of drug-likeness (QED) is 0.340. The molecule has 0 aliphatic carbocycles. The molecule has 0 bridgehead atoms. The molecule has 1 aromatic carbocycles. The number of aromatic amines is 1. The van der Waals surface area contributed by atoms with Crippen LogP contribution in [0.5, 0.6) is 0 Å². The lowest BCUT2D eigenvalue weighted by atomic mass is 10.2. The van der Waals surface area contributed by atoms with Crippen LogP contribution in [0.15, 0.2) is 48.0 Å². The van der Waals surface area contributed by atoms with Crippen LogP contribution in [0.2, 0.25) is 0 Å². The van der Waals surface area contributed by atoms with Crippen LogP contribution in [0.1, 0.15) is 39.7 Å². The van der Waals surface area contributed by atoms with Gasteiger partial charge in [0.25, 0.3) is 5.91 Å². The van der Waals surface area contributed by atoms with Crippen LogP contribution in [-0.4, -0.2) is 25.8 Å². The van der Waals surface area contributed by atoms with E-state index in [9.17, 15) is 9.18 Å². The summed E-state index contributed by atoms with van der Waals surface area (Å²) < 4.78 is 13.5. The van der Waals surface area contributed by atoms with Crippen molar-refractivity contribution in [3.8, 4) is 0 Å². The Morgan fingerprint density at radius 1 is 1.10 bits per heavy atom. The lowest BCUT2D eigenvalue weighted by molar-refractivity contribution is 0.0946. The maximum atomic E-state index is 13.5. The average Bonchev–Trinajstić information content (AvgIpc) is 3.37. The summed E-state index contributed by atoms with van der Waals surface area (Å²) in [5, 5.41) is 5.35. The van der Waals surface area contributed by atoms with Gasteiger partial charge >= 0.3 is 0 Å². The number of carbonyl (C=O) groups is 1. The number of para-hydroxylation sites is 2. The second-order valence-corrected chi connectivity index (χ2v) is 7.61. The fourth-order valence-corrected chi connectivity index (χ4v) is 3.86. The predicted octanol–water partition coefficient (Wildman–Crippen LogP) is 4.05. The van der Waals surface area contributed by atoms with Crippen LogP contribution in [0.3, 0.4) is 0 Å². The number of pyridine rings is 1. The largest absolute Gasteiger partial charge is 0.346 e. The summed E-state index contributed by atoms with van der Waals surface area (Å²) >= 11 is 1.47. The summed E-state index contributed by atoms with van der Waals surface area (Å²) in [6.07, 6.45) is 5.02. The third-order valence-electron chi connectivity index (χ3n) is 4.55. The van der Waals surface area contributed by atoms with Gasteiger partial charge in [0.05, 0.1) is 16.0 Å². The Kier molecular flexibility index (Phi) is 5.90. The van der Waals surface area contributed by atoms with Crippen LogP contribution in [0.4, 0.5) is 4.39 Å². The zero-order valence-corrected chi connectivity index (χ0v) is 16.5. The summed E-state index contributed by atoms with van der Waals surface area (Å²) in [4.78, 5) is 28.1. The topological polar surface area (TPSA) is 83.6 Å². The van der Waals surface area contributed by atoms with Crippen LogP contribution in [0, 0.1) is 5.95 Å². The molecule has 2 N–H and O–H groups in total. The zero-order valence-electron chi connectivity index (χ0n) is 15.7. The van der Waals surface area contributed by atoms with Gasteiger partial charge in [0.15, 0.2) is 0 Å². The minimum absolute atomic E-state index is 0.0862. The smallest absolute Gasteiger partial charge is 0.271 e. The van der Waals surface area contributed by atoms with Crippen molar-refractivity contribution in [1.29, 1.82) is 0 Å². The summed E-state index contributed by atoms with van der Waals surface area (Å²) in [7, 11) is 0. The Labute approximate surface area is 171 Å². The Bertz CT molecular complexity index is 1090. The number of halogens is 1. The predicted molar refractivity (Wildman–Crippen MR) is 110 cm³/mol. The highest BCUT2D eigenvalue weighted by Crippen LogP contribution is 2.15. The molecule has 0 aliphatic heterocycles. The normalized spacial score (nSPS) is 11.1. The van der Waals surface area contributed by atoms with Crippen molar-refractivity contribution in [1.82, 2.24) is 25.3 Å². The average molecular weight is 409 g/mol. The highest BCUT2D eigenvalue weighted by molar-refractivity contribution is 7.09. The molecule has 4 aromatic rings. The molecule has 3 aromatic heterocycles. The van der Waals surface area contributed by atoms with Crippen LogP contribution in [-0.2, 0) is 19.4 Å². The minimum Gasteiger partial charge on any atom is -0.346 e. The molecule has 0 fully saturated rings. The fourth-order valence-electron chi connectivity index (χ4n) is 3.04. The highest BCUT2D eigenvalue weighted by Gasteiger charge is 2.12. The van der Waals surface area contributed by atoms with Gasteiger partial charge < -0.3 is 10.3 Å². The van der Waals surface area contributed by atoms with Gasteiger partial charge in [-0.05, 0) is 37.5 Å². The first-order valence-corrected chi connectivity index (χ1v) is 10.3. The summed E-state index contributed by atoms with van der Waals surface area (Å²) in [5.41, 5.74) is 2.77. The van der Waals surface area contributed by atoms with Crippen molar-refractivity contribution < 1.29 is 9.18 Å². The number of nitrogens with one attached hydrogen (secondary N) is 2. The molecular weight excluding hydrogens is 389 g/mol. The molecule has 148 valence electrons. The first kappa shape index (κ1) is 19.2. The molecule has 4 rings (SSSR count). The fraction of sp³-hybridized carbons (Fsp3) is 0.238. The van der Waals surface area contributed by atoms with Crippen molar-refractivity contribution in [2.24, 2.45) is 0 Å². The van der Waals surface area contributed by atoms with E-state index in [1.165, 1.54) is 17.5 Å². The number of rotatable bonds is 8. The monoisotopic (exact) mass is 409 g/mol. The molecule has 0 atom stereocenters. The third-order valence-corrected chi connectivity index (χ3v) is 5.46. The number of benzene rings is 1. The van der Waals surface area contributed by atoms with Crippen LogP contribution in [0.25, 0.3) is 11.0 Å². The van der Waals surface area contributed by atoms with Gasteiger partial charge in [-0.1, -0.05) is 18.2 Å². The van der Waals surface area contributed by atoms with Crippen molar-refractivity contribution in [3.63, 3.8) is 0 Å². The van der Waals surface area contributed by atoms with E-state index < -0.39 is 5.95 Å². The second-order valence-electron chi connectivity index (χ2n) is 6.67. The molecule has 0 spiro atoms. The standard InChI is InChI=1S/C21H20FN5OS/c22-20-14(6-5-11-23-20)12-24-21(28)17-13-29-19(27-17)10-4-3-9-18-25-15-7-1-2-8-16(15)26-18/h1-2,5-8,11,13H,3-4,9-10,12H2,(H,24,28)(H,25,26). The molecule has 0 unspecified atom stereocenters. The number of thiazole rings is 1. The summed E-state index contributed by atoms with van der Waals surface area (Å²) in [6.45, 7) is 0.0862. The Morgan fingerprint density at radius 3 is 2.83 bits per heavy atom. The van der Waals surface area contributed by atoms with Gasteiger partial charge in [-0.25, -0.2) is 15.0 Å². The van der Waals surface area contributed by atoms with E-state index in [1.54, 1.807) is 17.5 Å². The SMILES string of the molecule is O=C(NCc1cccnc1F)c1csc(CCCCc2nc3ccccc3[nH]2)n1. The number of amides is 1. The van der Waals surface area contributed by atoms with Gasteiger partial charge in [0, 0.05) is 30.1 Å². The van der Waals surface area contributed by atoms with Crippen LogP contribution >= 0.6 is 11.3 Å². The number of H-pyrrole nitrogens is 1. The maximum Gasteiger partial charge on any atom is 0.271 e. The van der Waals surface area contributed by atoms with E-state index in [0.717, 1.165) is 47.5 Å². The molecule has 0 radical (unpaired) electrons. The molecule has 6 nitrogen and oxygen atoms in total. The van der Waals surface area contributed by atoms with Crippen molar-refractivity contribution in [2.45, 2.75) is 32.2 Å². The number of nitrogens with zero attached hydrogens (tertiary/aromatic N) is 3. The van der Waals surface area contributed by atoms with Gasteiger partial charge in [0.2, 0.25) is 5.95 Å². The first-order chi connectivity index (χ1) is 14.2. The number of imidazole rings is 1. The number of carbonyl (C=O) groups excluding carboxylic acids is 1. The van der Waals surface area contributed by atoms with Gasteiger partial charge in [-0.2, -0.15) is 4.39 Å². The highest BCUT2D eigenvalue weighted by atomic mass is 32.1. The Hall–Kier alpha value is -3.13. The van der Waals surface area contributed by atoms with Gasteiger partial charge in [-0.3, -0.25) is 4.79 Å². The molecule has 8 heteroatoms. The van der Waals surface area contributed by atoms with E-state index in [4.69, 9.17) is 0 Å². The first-order valence-electron chi connectivity index (χ1n) is 9.44. The van der Waals surface area contributed by atoms with Crippen molar-refractivity contribution >= 4 is 28.3 Å². The van der Waals surface area contributed by atoms with Crippen molar-refractivity contribution in [2.75, 3.05) is 0 Å². The van der Waals surface area contributed by atoms with E-state index >= 15 is 0 Å². The molecule has 0 saturated carbocycles. The van der Waals surface area contributed by atoms with E-state index in [2.05, 4.69) is 25.3 Å². The molecule has 29 heavy (non-hydrogen) atoms. The molecule has 0 aliphatic rings. The van der Waals surface area contributed by atoms with Gasteiger partial charge in [0.1, 0.15) is 11.5 Å². The maximum absolute atomic E-state index is 13.5. The summed E-state index contributed by atoms with van der Waals surface area (Å²) in [6, 6.07) is 11.2. The van der Waals surface area contributed by atoms with Gasteiger partial charge in [-0.15, -0.1) is 11.3 Å². The van der Waals surface area contributed by atoms with E-state index in [-0.39, 0.29) is 12.5 Å². The lowest BCUT2D eigenvalue weighted by Crippen LogP contribution is -2.23. The Balaban J connectivity index is 1.23. The Morgan fingerprint density at radius 2 is 1.97 bits per heavy atom. The lowest BCUT2D eigenvalue weighted by Gasteiger charge is -2.03. The van der Waals surface area contributed by atoms with Crippen molar-refractivity contribution in [3.05, 3.63) is 76.0 Å². The molecule has 1 amide bonds. The molecular formula is C21H20FN5OS. The van der Waals surface area contributed by atoms with Crippen LogP contribution < -0.4 is 5.32 Å². The number of hydrogen-bond acceptors (Lipinski definition) is 5. The number of hydrogen-bond donors (Lipinski definition) is 2. The zero-order chi connectivity index (χ0) is 20.1. The summed E-state index contributed by atoms with van der Waals surface area (Å²) in [5.74, 6) is 0.113. The van der Waals surface area contributed by atoms with E-state index in [1.807, 2.05) is 24.3 Å². The minimum atomic E-state index is -0.573. The number of aromatic nitrogens is 4. The number of unbranched alkanes of at least 4 members (excludes halogenated alkanes) is 1. The molecule has 0 saturated heterocycles. The van der Waals surface area contributed by atoms with E-state index in [0.29, 0.717) is 11.3 Å². The second kappa shape index (κ2) is 8.91. The molecule has 3 heterocycles. The number of fused-ring (bicyclic) bond motifs is 1.